The highest BCUT2D eigenvalue weighted by molar-refractivity contribution is 7.90. The molecule has 4 aromatic rings. The maximum atomic E-state index is 15.5. The largest absolute Gasteiger partial charge is 0.501 e. The molecule has 0 aliphatic carbocycles. The van der Waals surface area contributed by atoms with Gasteiger partial charge in [0.1, 0.15) is 5.69 Å². The van der Waals surface area contributed by atoms with Gasteiger partial charge in [-0.2, -0.15) is 0 Å². The Hall–Kier alpha value is -4.45. The number of ether oxygens (including phenoxy) is 3. The first kappa shape index (κ1) is 29.1. The van der Waals surface area contributed by atoms with Gasteiger partial charge in [0.05, 0.1) is 49.6 Å². The van der Waals surface area contributed by atoms with E-state index in [1.807, 2.05) is 0 Å². The number of nitrogens with zero attached hydrogens (tertiary/aromatic N) is 3. The molecule has 1 aliphatic rings. The van der Waals surface area contributed by atoms with Gasteiger partial charge in [0, 0.05) is 17.6 Å². The summed E-state index contributed by atoms with van der Waals surface area (Å²) in [6, 6.07) is 10.6. The van der Waals surface area contributed by atoms with Crippen molar-refractivity contribution in [3.8, 4) is 11.5 Å². The number of fused-ring (bicyclic) bond motifs is 3. The van der Waals surface area contributed by atoms with Crippen LogP contribution in [0.2, 0.25) is 0 Å². The number of hydrogen-bond acceptors (Lipinski definition) is 7. The van der Waals surface area contributed by atoms with Crippen LogP contribution >= 0.6 is 0 Å². The molecule has 0 fully saturated rings. The lowest BCUT2D eigenvalue weighted by Crippen LogP contribution is -2.48. The maximum Gasteiger partial charge on any atom is 0.269 e. The summed E-state index contributed by atoms with van der Waals surface area (Å²) in [4.78, 5) is 19.6. The lowest BCUT2D eigenvalue weighted by Gasteiger charge is -2.39. The van der Waals surface area contributed by atoms with Crippen LogP contribution in [0.25, 0.3) is 17.1 Å². The smallest absolute Gasteiger partial charge is 0.269 e. The fourth-order valence-corrected chi connectivity index (χ4v) is 6.78. The van der Waals surface area contributed by atoms with Crippen molar-refractivity contribution < 1.29 is 36.2 Å². The molecule has 9 nitrogen and oxygen atoms in total. The predicted molar refractivity (Wildman–Crippen MR) is 153 cm³/mol. The van der Waals surface area contributed by atoms with E-state index in [2.05, 4.69) is 4.98 Å². The Morgan fingerprint density at radius 1 is 1.05 bits per heavy atom. The molecule has 0 atom stereocenters. The summed E-state index contributed by atoms with van der Waals surface area (Å²) < 4.78 is 75.2. The fraction of sp³-hybridized carbons (Fsp3) is 0.267. The quantitative estimate of drug-likeness (QED) is 0.251. The molecule has 2 aromatic carbocycles. The summed E-state index contributed by atoms with van der Waals surface area (Å²) in [6.07, 6.45) is 4.33. The van der Waals surface area contributed by atoms with Crippen LogP contribution < -0.4 is 14.4 Å². The van der Waals surface area contributed by atoms with Gasteiger partial charge in [0.2, 0.25) is 5.91 Å². The van der Waals surface area contributed by atoms with Crippen LogP contribution in [0.5, 0.6) is 11.5 Å². The molecule has 3 heterocycles. The average molecular weight is 598 g/mol. The number of carbonyl (C=O) groups excluding carboxylic acids is 1. The summed E-state index contributed by atoms with van der Waals surface area (Å²) in [7, 11) is -1.67. The second-order valence-electron chi connectivity index (χ2n) is 10.1. The first-order valence-electron chi connectivity index (χ1n) is 13.0. The summed E-state index contributed by atoms with van der Waals surface area (Å²) in [5.41, 5.74) is -0.626. The Kier molecular flexibility index (Phi) is 7.44. The molecule has 1 aliphatic heterocycles. The minimum absolute atomic E-state index is 0.0486. The summed E-state index contributed by atoms with van der Waals surface area (Å²) in [5.74, 6) is -3.30. The highest BCUT2D eigenvalue weighted by Crippen LogP contribution is 2.45. The molecule has 0 N–H and O–H groups in total. The van der Waals surface area contributed by atoms with Crippen molar-refractivity contribution in [1.82, 2.24) is 8.96 Å². The Morgan fingerprint density at radius 2 is 1.69 bits per heavy atom. The van der Waals surface area contributed by atoms with E-state index in [-0.39, 0.29) is 34.3 Å². The predicted octanol–water partition coefficient (Wildman–Crippen LogP) is 5.40. The third-order valence-electron chi connectivity index (χ3n) is 7.23. The topological polar surface area (TPSA) is 100.0 Å². The van der Waals surface area contributed by atoms with Gasteiger partial charge >= 0.3 is 0 Å². The van der Waals surface area contributed by atoms with Crippen molar-refractivity contribution in [2.75, 3.05) is 25.7 Å². The zero-order valence-electron chi connectivity index (χ0n) is 23.6. The molecule has 0 saturated carbocycles. The van der Waals surface area contributed by atoms with Crippen molar-refractivity contribution in [3.05, 3.63) is 83.4 Å². The van der Waals surface area contributed by atoms with E-state index >= 15 is 8.78 Å². The monoisotopic (exact) mass is 597 g/mol. The lowest BCUT2D eigenvalue weighted by atomic mass is 9.76. The number of rotatable bonds is 8. The van der Waals surface area contributed by atoms with Gasteiger partial charge in [-0.05, 0) is 56.2 Å². The van der Waals surface area contributed by atoms with Gasteiger partial charge in [0.25, 0.3) is 10.0 Å². The summed E-state index contributed by atoms with van der Waals surface area (Å²) >= 11 is 0. The minimum atomic E-state index is -4.12. The molecule has 0 unspecified atom stereocenters. The van der Waals surface area contributed by atoms with Crippen LogP contribution in [0.4, 0.5) is 14.5 Å². The zero-order valence-corrected chi connectivity index (χ0v) is 24.5. The number of benzene rings is 2. The highest BCUT2D eigenvalue weighted by Gasteiger charge is 2.45. The van der Waals surface area contributed by atoms with E-state index in [1.165, 1.54) is 44.9 Å². The van der Waals surface area contributed by atoms with Crippen molar-refractivity contribution in [3.63, 3.8) is 0 Å². The molecular formula is C30H29F2N3O6S. The van der Waals surface area contributed by atoms with Crippen LogP contribution in [0.3, 0.4) is 0 Å². The Morgan fingerprint density at radius 3 is 2.29 bits per heavy atom. The van der Waals surface area contributed by atoms with Crippen LogP contribution in [0.15, 0.2) is 59.8 Å². The Balaban J connectivity index is 1.76. The zero-order chi connectivity index (χ0) is 30.4. The third kappa shape index (κ3) is 4.46. The average Bonchev–Trinajstić information content (AvgIpc) is 3.35. The number of carbonyl (C=O) groups is 1. The van der Waals surface area contributed by atoms with Gasteiger partial charge in [-0.1, -0.05) is 18.2 Å². The second kappa shape index (κ2) is 10.8. The molecule has 5 rings (SSSR count). The molecule has 2 aromatic heterocycles. The van der Waals surface area contributed by atoms with E-state index < -0.39 is 38.7 Å². The molecule has 220 valence electrons. The number of halogens is 2. The second-order valence-corrected chi connectivity index (χ2v) is 11.9. The molecule has 0 saturated heterocycles. The Bertz CT molecular complexity index is 1810. The number of methoxy groups -OCH3 is 2. The van der Waals surface area contributed by atoms with Crippen LogP contribution in [0.1, 0.15) is 37.6 Å². The number of hydrogen-bond donors (Lipinski definition) is 0. The summed E-state index contributed by atoms with van der Waals surface area (Å²) in [5, 5.41) is 0.408. The molecule has 0 bridgehead atoms. The van der Waals surface area contributed by atoms with Crippen LogP contribution in [-0.2, 0) is 31.5 Å². The van der Waals surface area contributed by atoms with Crippen LogP contribution in [0, 0.1) is 11.6 Å². The molecular weight excluding hydrogens is 568 g/mol. The first-order chi connectivity index (χ1) is 20.0. The van der Waals surface area contributed by atoms with Crippen molar-refractivity contribution in [1.29, 1.82) is 0 Å². The first-order valence-corrected chi connectivity index (χ1v) is 14.5. The van der Waals surface area contributed by atoms with E-state index in [4.69, 9.17) is 14.2 Å². The SMILES string of the molecule is CCOC=Cc1cc2c3c(cnc2n1S(=O)(=O)c1ccccc1)CN(c1c(F)c(OC)cc(OC)c1F)C(=O)C3(C)C. The van der Waals surface area contributed by atoms with Crippen molar-refractivity contribution in [2.24, 2.45) is 0 Å². The van der Waals surface area contributed by atoms with Crippen molar-refractivity contribution in [2.45, 2.75) is 37.6 Å². The number of amides is 1. The van der Waals surface area contributed by atoms with Gasteiger partial charge in [-0.25, -0.2) is 26.2 Å². The van der Waals surface area contributed by atoms with E-state index in [9.17, 15) is 13.2 Å². The molecule has 0 spiro atoms. The summed E-state index contributed by atoms with van der Waals surface area (Å²) in [6.45, 7) is 5.17. The maximum absolute atomic E-state index is 15.5. The molecule has 0 radical (unpaired) electrons. The third-order valence-corrected chi connectivity index (χ3v) is 8.96. The van der Waals surface area contributed by atoms with E-state index in [1.54, 1.807) is 45.0 Å². The normalized spacial score (nSPS) is 14.8. The molecule has 12 heteroatoms. The van der Waals surface area contributed by atoms with E-state index in [0.717, 1.165) is 14.9 Å². The number of pyridine rings is 1. The highest BCUT2D eigenvalue weighted by atomic mass is 32.2. The molecule has 1 amide bonds. The van der Waals surface area contributed by atoms with Crippen LogP contribution in [-0.4, -0.2) is 44.1 Å². The minimum Gasteiger partial charge on any atom is -0.501 e. The fourth-order valence-electron chi connectivity index (χ4n) is 5.30. The molecule has 42 heavy (non-hydrogen) atoms. The standard InChI is InChI=1S/C30H29F2N3O6S/c1-6-41-13-12-19-14-21-24-18(16-33-28(21)35(19)42(37,38)20-10-8-7-9-11-20)17-34(29(36)30(24,2)3)27-25(31)22(39-4)15-23(40-5)26(27)32/h7-16H,6,17H2,1-5H3. The van der Waals surface area contributed by atoms with Gasteiger partial charge in [-0.3, -0.25) is 4.79 Å². The van der Waals surface area contributed by atoms with E-state index in [0.29, 0.717) is 23.1 Å². The van der Waals surface area contributed by atoms with Crippen molar-refractivity contribution >= 4 is 38.7 Å². The van der Waals surface area contributed by atoms with Gasteiger partial charge in [-0.15, -0.1) is 0 Å². The lowest BCUT2D eigenvalue weighted by molar-refractivity contribution is -0.123. The Labute approximate surface area is 242 Å². The van der Waals surface area contributed by atoms with Gasteiger partial charge in [0.15, 0.2) is 28.8 Å². The van der Waals surface area contributed by atoms with Gasteiger partial charge < -0.3 is 19.1 Å². The number of aromatic nitrogens is 2. The number of anilines is 1.